The number of rotatable bonds is 10. The molecule has 4 atom stereocenters. The molecule has 0 aliphatic rings. The molecule has 1 aromatic heterocycles. The van der Waals surface area contributed by atoms with Crippen molar-refractivity contribution in [2.24, 2.45) is 17.4 Å². The number of carbonyl (C=O) groups is 3. The molecule has 7 N–H and O–H groups in total. The number of amides is 3. The first-order chi connectivity index (χ1) is 13.8. The van der Waals surface area contributed by atoms with Crippen LogP contribution in [0.1, 0.15) is 25.8 Å². The van der Waals surface area contributed by atoms with Gasteiger partial charge in [-0.15, -0.1) is 0 Å². The molecule has 2 rings (SSSR count). The van der Waals surface area contributed by atoms with Gasteiger partial charge in [-0.25, -0.2) is 0 Å². The number of para-hydroxylation sites is 1. The third-order valence-corrected chi connectivity index (χ3v) is 5.50. The smallest absolute Gasteiger partial charge is 0.243 e. The zero-order chi connectivity index (χ0) is 21.6. The summed E-state index contributed by atoms with van der Waals surface area (Å²) in [6.45, 7) is 3.82. The van der Waals surface area contributed by atoms with Gasteiger partial charge < -0.3 is 27.1 Å². The third kappa shape index (κ3) is 5.74. The van der Waals surface area contributed by atoms with Gasteiger partial charge in [0.05, 0.1) is 6.04 Å². The van der Waals surface area contributed by atoms with Crippen LogP contribution >= 0.6 is 12.6 Å². The van der Waals surface area contributed by atoms with E-state index in [2.05, 4.69) is 28.2 Å². The molecule has 0 radical (unpaired) electrons. The van der Waals surface area contributed by atoms with Gasteiger partial charge in [-0.05, 0) is 17.5 Å². The molecule has 0 saturated carbocycles. The lowest BCUT2D eigenvalue weighted by atomic mass is 9.98. The molecule has 29 heavy (non-hydrogen) atoms. The standard InChI is InChI=1S/C20H29N5O3S/c1-3-11(2)17(21)20(28)24-15(19(27)25-16(10-29)18(22)26)8-12-9-23-14-7-5-4-6-13(12)14/h4-7,9,11,15-17,23,29H,3,8,10,21H2,1-2H3,(H2,22,26)(H,24,28)(H,25,27)/t11-,15-,16-,17-/m0/s1. The lowest BCUT2D eigenvalue weighted by Gasteiger charge is -2.24. The molecule has 1 heterocycles. The van der Waals surface area contributed by atoms with Crippen LogP contribution in [0.15, 0.2) is 30.5 Å². The van der Waals surface area contributed by atoms with Gasteiger partial charge in [-0.3, -0.25) is 14.4 Å². The summed E-state index contributed by atoms with van der Waals surface area (Å²) < 4.78 is 0. The summed E-state index contributed by atoms with van der Waals surface area (Å²) in [6.07, 6.45) is 2.76. The van der Waals surface area contributed by atoms with E-state index in [1.807, 2.05) is 38.1 Å². The molecule has 0 aliphatic carbocycles. The minimum absolute atomic E-state index is 0.0393. The second kappa shape index (κ2) is 10.3. The number of nitrogens with one attached hydrogen (secondary N) is 3. The molecule has 158 valence electrons. The summed E-state index contributed by atoms with van der Waals surface area (Å²) in [7, 11) is 0. The first kappa shape index (κ1) is 22.8. The normalized spacial score (nSPS) is 15.3. The number of aromatic amines is 1. The molecule has 1 aromatic carbocycles. The highest BCUT2D eigenvalue weighted by Crippen LogP contribution is 2.19. The molecule has 0 saturated heterocycles. The van der Waals surface area contributed by atoms with Gasteiger partial charge in [0.2, 0.25) is 17.7 Å². The maximum atomic E-state index is 12.9. The summed E-state index contributed by atoms with van der Waals surface area (Å²) in [6, 6.07) is 5.07. The Morgan fingerprint density at radius 3 is 2.41 bits per heavy atom. The molecule has 0 unspecified atom stereocenters. The zero-order valence-corrected chi connectivity index (χ0v) is 17.5. The number of primary amides is 1. The molecule has 3 amide bonds. The van der Waals surface area contributed by atoms with Crippen molar-refractivity contribution in [1.29, 1.82) is 0 Å². The Bertz CT molecular complexity index is 869. The quantitative estimate of drug-likeness (QED) is 0.311. The number of nitrogens with two attached hydrogens (primary N) is 2. The van der Waals surface area contributed by atoms with Crippen molar-refractivity contribution in [2.75, 3.05) is 5.75 Å². The third-order valence-electron chi connectivity index (χ3n) is 5.13. The Morgan fingerprint density at radius 1 is 1.14 bits per heavy atom. The number of benzene rings is 1. The van der Waals surface area contributed by atoms with Crippen LogP contribution in [0, 0.1) is 5.92 Å². The van der Waals surface area contributed by atoms with Crippen molar-refractivity contribution in [3.63, 3.8) is 0 Å². The van der Waals surface area contributed by atoms with Gasteiger partial charge >= 0.3 is 0 Å². The lowest BCUT2D eigenvalue weighted by Crippen LogP contribution is -2.57. The minimum Gasteiger partial charge on any atom is -0.368 e. The predicted octanol–water partition coefficient (Wildman–Crippen LogP) is 0.469. The fraction of sp³-hybridized carbons (Fsp3) is 0.450. The van der Waals surface area contributed by atoms with Gasteiger partial charge in [0.25, 0.3) is 0 Å². The lowest BCUT2D eigenvalue weighted by molar-refractivity contribution is -0.131. The van der Waals surface area contributed by atoms with E-state index in [9.17, 15) is 14.4 Å². The van der Waals surface area contributed by atoms with Crippen molar-refractivity contribution in [1.82, 2.24) is 15.6 Å². The van der Waals surface area contributed by atoms with E-state index in [-0.39, 0.29) is 18.1 Å². The van der Waals surface area contributed by atoms with Crippen LogP contribution in [-0.2, 0) is 20.8 Å². The zero-order valence-electron chi connectivity index (χ0n) is 16.6. The van der Waals surface area contributed by atoms with E-state index in [0.717, 1.165) is 22.9 Å². The van der Waals surface area contributed by atoms with E-state index in [1.165, 1.54) is 0 Å². The second-order valence-electron chi connectivity index (χ2n) is 7.18. The summed E-state index contributed by atoms with van der Waals surface area (Å²) >= 11 is 4.05. The summed E-state index contributed by atoms with van der Waals surface area (Å²) in [5.41, 5.74) is 13.1. The minimum atomic E-state index is -0.934. The average Bonchev–Trinajstić information content (AvgIpc) is 3.12. The van der Waals surface area contributed by atoms with Crippen LogP contribution in [0.5, 0.6) is 0 Å². The molecule has 0 aliphatic heterocycles. The van der Waals surface area contributed by atoms with E-state index < -0.39 is 35.8 Å². The Balaban J connectivity index is 2.25. The van der Waals surface area contributed by atoms with Crippen molar-refractivity contribution < 1.29 is 14.4 Å². The highest BCUT2D eigenvalue weighted by molar-refractivity contribution is 7.80. The summed E-state index contributed by atoms with van der Waals surface area (Å²) in [4.78, 5) is 40.1. The van der Waals surface area contributed by atoms with Crippen LogP contribution in [0.4, 0.5) is 0 Å². The monoisotopic (exact) mass is 419 g/mol. The van der Waals surface area contributed by atoms with E-state index in [1.54, 1.807) is 6.20 Å². The van der Waals surface area contributed by atoms with Crippen LogP contribution in [0.3, 0.4) is 0 Å². The first-order valence-electron chi connectivity index (χ1n) is 9.59. The van der Waals surface area contributed by atoms with Crippen LogP contribution < -0.4 is 22.1 Å². The van der Waals surface area contributed by atoms with Crippen molar-refractivity contribution in [3.8, 4) is 0 Å². The maximum Gasteiger partial charge on any atom is 0.243 e. The van der Waals surface area contributed by atoms with Crippen LogP contribution in [-0.4, -0.2) is 46.6 Å². The van der Waals surface area contributed by atoms with Gasteiger partial charge in [0.15, 0.2) is 0 Å². The molecule has 0 spiro atoms. The van der Waals surface area contributed by atoms with Gasteiger partial charge in [0.1, 0.15) is 12.1 Å². The molecule has 8 nitrogen and oxygen atoms in total. The number of H-pyrrole nitrogens is 1. The highest BCUT2D eigenvalue weighted by atomic mass is 32.1. The molecule has 0 fully saturated rings. The topological polar surface area (TPSA) is 143 Å². The Hall–Kier alpha value is -2.52. The van der Waals surface area contributed by atoms with Crippen molar-refractivity contribution >= 4 is 41.3 Å². The largest absolute Gasteiger partial charge is 0.368 e. The highest BCUT2D eigenvalue weighted by Gasteiger charge is 2.29. The van der Waals surface area contributed by atoms with Crippen molar-refractivity contribution in [3.05, 3.63) is 36.0 Å². The molecule has 2 aromatic rings. The van der Waals surface area contributed by atoms with E-state index in [4.69, 9.17) is 11.5 Å². The number of aromatic nitrogens is 1. The number of fused-ring (bicyclic) bond motifs is 1. The summed E-state index contributed by atoms with van der Waals surface area (Å²) in [5, 5.41) is 6.25. The summed E-state index contributed by atoms with van der Waals surface area (Å²) in [5.74, 6) is -1.61. The first-order valence-corrected chi connectivity index (χ1v) is 10.2. The molecule has 0 bridgehead atoms. The van der Waals surface area contributed by atoms with E-state index in [0.29, 0.717) is 0 Å². The van der Waals surface area contributed by atoms with E-state index >= 15 is 0 Å². The number of hydrogen-bond donors (Lipinski definition) is 6. The molecular weight excluding hydrogens is 390 g/mol. The Labute approximate surface area is 175 Å². The van der Waals surface area contributed by atoms with Gasteiger partial charge in [-0.1, -0.05) is 38.5 Å². The number of hydrogen-bond acceptors (Lipinski definition) is 5. The van der Waals surface area contributed by atoms with Crippen molar-refractivity contribution in [2.45, 2.75) is 44.8 Å². The second-order valence-corrected chi connectivity index (χ2v) is 7.55. The Morgan fingerprint density at radius 2 is 1.79 bits per heavy atom. The molecular formula is C20H29N5O3S. The van der Waals surface area contributed by atoms with Gasteiger partial charge in [0, 0.05) is 29.3 Å². The van der Waals surface area contributed by atoms with Crippen LogP contribution in [0.2, 0.25) is 0 Å². The SMILES string of the molecule is CC[C@H](C)[C@H](N)C(=O)N[C@@H](Cc1c[nH]c2ccccc12)C(=O)N[C@@H](CS)C(N)=O. The molecule has 9 heteroatoms. The number of thiol groups is 1. The average molecular weight is 420 g/mol. The Kier molecular flexibility index (Phi) is 8.10. The fourth-order valence-electron chi connectivity index (χ4n) is 2.99. The maximum absolute atomic E-state index is 12.9. The fourth-order valence-corrected chi connectivity index (χ4v) is 3.26. The predicted molar refractivity (Wildman–Crippen MR) is 116 cm³/mol. The van der Waals surface area contributed by atoms with Crippen LogP contribution in [0.25, 0.3) is 10.9 Å². The number of carbonyl (C=O) groups excluding carboxylic acids is 3. The van der Waals surface area contributed by atoms with Gasteiger partial charge in [-0.2, -0.15) is 12.6 Å².